The third-order valence-electron chi connectivity index (χ3n) is 2.19. The summed E-state index contributed by atoms with van der Waals surface area (Å²) in [5.74, 6) is 0.453. The maximum absolute atomic E-state index is 5.76. The Labute approximate surface area is 80.0 Å². The van der Waals surface area contributed by atoms with Crippen molar-refractivity contribution in [3.8, 4) is 0 Å². The van der Waals surface area contributed by atoms with Crippen LogP contribution in [0.25, 0.3) is 16.7 Å². The van der Waals surface area contributed by atoms with E-state index in [0.29, 0.717) is 11.5 Å². The SMILES string of the molecule is Nc1nc2cc[c]cc2n2ccnc12. The summed E-state index contributed by atoms with van der Waals surface area (Å²) in [6.45, 7) is 0. The van der Waals surface area contributed by atoms with Crippen LogP contribution in [0.5, 0.6) is 0 Å². The van der Waals surface area contributed by atoms with Gasteiger partial charge < -0.3 is 5.73 Å². The van der Waals surface area contributed by atoms with Crippen molar-refractivity contribution in [1.29, 1.82) is 0 Å². The van der Waals surface area contributed by atoms with E-state index in [2.05, 4.69) is 16.0 Å². The number of anilines is 1. The van der Waals surface area contributed by atoms with Crippen LogP contribution in [0.3, 0.4) is 0 Å². The molecule has 0 aliphatic carbocycles. The van der Waals surface area contributed by atoms with Crippen LogP contribution >= 0.6 is 0 Å². The third-order valence-corrected chi connectivity index (χ3v) is 2.19. The minimum absolute atomic E-state index is 0.453. The lowest BCUT2D eigenvalue weighted by molar-refractivity contribution is 1.21. The smallest absolute Gasteiger partial charge is 0.180 e. The number of benzene rings is 1. The summed E-state index contributed by atoms with van der Waals surface area (Å²) in [5, 5.41) is 0. The van der Waals surface area contributed by atoms with E-state index in [1.54, 1.807) is 6.20 Å². The van der Waals surface area contributed by atoms with Crippen LogP contribution in [0.4, 0.5) is 5.82 Å². The minimum Gasteiger partial charge on any atom is -0.381 e. The Kier molecular flexibility index (Phi) is 1.28. The van der Waals surface area contributed by atoms with Gasteiger partial charge in [-0.3, -0.25) is 4.40 Å². The van der Waals surface area contributed by atoms with E-state index < -0.39 is 0 Å². The molecule has 0 saturated heterocycles. The van der Waals surface area contributed by atoms with Gasteiger partial charge >= 0.3 is 0 Å². The lowest BCUT2D eigenvalue weighted by atomic mass is 10.3. The monoisotopic (exact) mass is 183 g/mol. The molecule has 1 aromatic carbocycles. The number of nitrogens with zero attached hydrogens (tertiary/aromatic N) is 3. The zero-order valence-electron chi connectivity index (χ0n) is 7.31. The van der Waals surface area contributed by atoms with E-state index in [1.807, 2.05) is 28.8 Å². The van der Waals surface area contributed by atoms with Crippen LogP contribution in [-0.4, -0.2) is 14.4 Å². The molecular formula is C10H7N4. The molecule has 0 spiro atoms. The van der Waals surface area contributed by atoms with Gasteiger partial charge in [-0.15, -0.1) is 0 Å². The number of nitrogen functional groups attached to an aromatic ring is 1. The molecule has 0 bridgehead atoms. The van der Waals surface area contributed by atoms with Crippen LogP contribution in [0.1, 0.15) is 0 Å². The fourth-order valence-corrected chi connectivity index (χ4v) is 1.57. The van der Waals surface area contributed by atoms with Crippen molar-refractivity contribution >= 4 is 22.5 Å². The standard InChI is InChI=1S/C10H7N4/c11-9-10-12-5-6-14(10)8-4-2-1-3-7(8)13-9/h1,3-6H,(H2,11,13). The molecule has 2 heterocycles. The average Bonchev–Trinajstić information content (AvgIpc) is 2.67. The Morgan fingerprint density at radius 3 is 3.29 bits per heavy atom. The van der Waals surface area contributed by atoms with E-state index in [0.717, 1.165) is 11.0 Å². The molecule has 1 radical (unpaired) electrons. The van der Waals surface area contributed by atoms with Crippen LogP contribution in [0, 0.1) is 6.07 Å². The molecule has 2 aromatic heterocycles. The van der Waals surface area contributed by atoms with Crippen molar-refractivity contribution in [3.63, 3.8) is 0 Å². The Bertz CT molecular complexity index is 612. The Morgan fingerprint density at radius 1 is 1.43 bits per heavy atom. The lowest BCUT2D eigenvalue weighted by Gasteiger charge is -2.02. The van der Waals surface area contributed by atoms with E-state index in [4.69, 9.17) is 5.73 Å². The molecule has 0 fully saturated rings. The lowest BCUT2D eigenvalue weighted by Crippen LogP contribution is -1.97. The largest absolute Gasteiger partial charge is 0.381 e. The molecule has 3 rings (SSSR count). The van der Waals surface area contributed by atoms with E-state index in [1.165, 1.54) is 0 Å². The van der Waals surface area contributed by atoms with E-state index in [-0.39, 0.29) is 0 Å². The van der Waals surface area contributed by atoms with Gasteiger partial charge in [-0.1, -0.05) is 6.07 Å². The van der Waals surface area contributed by atoms with Crippen LogP contribution in [-0.2, 0) is 0 Å². The predicted octanol–water partition coefficient (Wildman–Crippen LogP) is 1.26. The van der Waals surface area contributed by atoms with Gasteiger partial charge in [0.1, 0.15) is 0 Å². The van der Waals surface area contributed by atoms with Gasteiger partial charge in [0.2, 0.25) is 0 Å². The summed E-state index contributed by atoms with van der Waals surface area (Å²) in [6, 6.07) is 8.58. The Morgan fingerprint density at radius 2 is 2.36 bits per heavy atom. The fraction of sp³-hybridized carbons (Fsp3) is 0. The molecule has 2 N–H and O–H groups in total. The van der Waals surface area contributed by atoms with Gasteiger partial charge in [-0.25, -0.2) is 9.97 Å². The highest BCUT2D eigenvalue weighted by atomic mass is 15.1. The first kappa shape index (κ1) is 7.32. The number of aromatic nitrogens is 3. The van der Waals surface area contributed by atoms with E-state index in [9.17, 15) is 0 Å². The third kappa shape index (κ3) is 0.821. The van der Waals surface area contributed by atoms with Gasteiger partial charge in [0.15, 0.2) is 11.5 Å². The molecule has 0 unspecified atom stereocenters. The summed E-state index contributed by atoms with van der Waals surface area (Å²) in [7, 11) is 0. The highest BCUT2D eigenvalue weighted by molar-refractivity contribution is 5.81. The maximum atomic E-state index is 5.76. The molecule has 14 heavy (non-hydrogen) atoms. The number of hydrogen-bond acceptors (Lipinski definition) is 3. The Hall–Kier alpha value is -2.10. The Balaban J connectivity index is 2.66. The first-order chi connectivity index (χ1) is 6.86. The number of fused-ring (bicyclic) bond motifs is 3. The normalized spacial score (nSPS) is 11.1. The summed E-state index contributed by atoms with van der Waals surface area (Å²) in [4.78, 5) is 8.38. The summed E-state index contributed by atoms with van der Waals surface area (Å²) in [6.07, 6.45) is 3.57. The summed E-state index contributed by atoms with van der Waals surface area (Å²) >= 11 is 0. The summed E-state index contributed by atoms with van der Waals surface area (Å²) < 4.78 is 1.91. The fourth-order valence-electron chi connectivity index (χ4n) is 1.57. The first-order valence-electron chi connectivity index (χ1n) is 4.24. The van der Waals surface area contributed by atoms with Crippen molar-refractivity contribution < 1.29 is 0 Å². The molecule has 0 aliphatic heterocycles. The van der Waals surface area contributed by atoms with Crippen LogP contribution in [0.15, 0.2) is 30.6 Å². The highest BCUT2D eigenvalue weighted by Gasteiger charge is 2.04. The van der Waals surface area contributed by atoms with Crippen molar-refractivity contribution in [2.24, 2.45) is 0 Å². The van der Waals surface area contributed by atoms with Crippen molar-refractivity contribution in [3.05, 3.63) is 36.7 Å². The predicted molar refractivity (Wildman–Crippen MR) is 53.7 cm³/mol. The number of imidazole rings is 1. The molecule has 4 heteroatoms. The van der Waals surface area contributed by atoms with Gasteiger partial charge in [0.05, 0.1) is 11.0 Å². The molecule has 3 aromatic rings. The summed E-state index contributed by atoms with van der Waals surface area (Å²) in [5.41, 5.74) is 8.27. The second-order valence-corrected chi connectivity index (χ2v) is 3.03. The average molecular weight is 183 g/mol. The second kappa shape index (κ2) is 2.45. The molecule has 0 aliphatic rings. The molecule has 0 atom stereocenters. The molecule has 0 amide bonds. The van der Waals surface area contributed by atoms with Crippen LogP contribution in [0.2, 0.25) is 0 Å². The van der Waals surface area contributed by atoms with Crippen molar-refractivity contribution in [2.45, 2.75) is 0 Å². The molecular weight excluding hydrogens is 176 g/mol. The van der Waals surface area contributed by atoms with Crippen LogP contribution < -0.4 is 5.73 Å². The van der Waals surface area contributed by atoms with Crippen molar-refractivity contribution in [2.75, 3.05) is 5.73 Å². The number of hydrogen-bond donors (Lipinski definition) is 1. The minimum atomic E-state index is 0.453. The number of nitrogens with two attached hydrogens (primary N) is 1. The first-order valence-corrected chi connectivity index (χ1v) is 4.24. The van der Waals surface area contributed by atoms with Gasteiger partial charge in [-0.05, 0) is 18.2 Å². The molecule has 67 valence electrons. The number of rotatable bonds is 0. The van der Waals surface area contributed by atoms with Gasteiger partial charge in [0.25, 0.3) is 0 Å². The quantitative estimate of drug-likeness (QED) is 0.571. The molecule has 4 nitrogen and oxygen atoms in total. The second-order valence-electron chi connectivity index (χ2n) is 3.03. The van der Waals surface area contributed by atoms with Crippen molar-refractivity contribution in [1.82, 2.24) is 14.4 Å². The molecule has 0 saturated carbocycles. The zero-order chi connectivity index (χ0) is 9.54. The highest BCUT2D eigenvalue weighted by Crippen LogP contribution is 2.17. The zero-order valence-corrected chi connectivity index (χ0v) is 7.31. The van der Waals surface area contributed by atoms with E-state index >= 15 is 0 Å². The topological polar surface area (TPSA) is 56.2 Å². The van der Waals surface area contributed by atoms with Gasteiger partial charge in [-0.2, -0.15) is 0 Å². The maximum Gasteiger partial charge on any atom is 0.180 e. The van der Waals surface area contributed by atoms with Gasteiger partial charge in [0, 0.05) is 12.4 Å².